The van der Waals surface area contributed by atoms with E-state index in [2.05, 4.69) is 62.1 Å². The van der Waals surface area contributed by atoms with Crippen molar-refractivity contribution in [2.75, 3.05) is 39.6 Å². The number of aromatic amines is 4. The molecule has 15 rings (SSSR count). The van der Waals surface area contributed by atoms with Gasteiger partial charge in [-0.25, -0.2) is 17.6 Å². The Morgan fingerprint density at radius 2 is 0.735 bits per heavy atom. The van der Waals surface area contributed by atoms with Crippen LogP contribution in [0.25, 0.3) is 92.2 Å². The standard InChI is InChI=1S/C27H25FN4O4.C24H21FN4O4.C24H27FN4O4.C22H21FN4O3/c28-19-9-6-17(7-10-19)8-12-21-25-22(32-31-21)13-11-20(26(25)36-15-14-24(29)34)27(35)30-23(16-33)18-4-2-1-3-5-18;25-16-6-3-15(4-7-16)5-9-19-22-20(29-28-19)10-8-18(23(22)33-13-11-21(26)30)24(31)27-14-17-2-1-12-32-17;1-14(2)20(13-30)27-24(32)17-8-10-19-22(23(17)33-12-11-21(26)31)18(28-29-19)9-5-15-3-6-16(25)7-4-15;23-14-4-1-13(2-5-14)3-9-17-20-18(27-26-17)10-8-16(22(29)25-15-6-7-15)21(20)30-12-11-19(24)28/h1-13,23,33H,14-16H2,(H2,29,34)(H,30,35)(H,31,32);1-10,12H,11,13-14H2,(H2,26,30)(H,27,31)(H,28,29);3-10,14,20,30H,11-13H2,1-2H3,(H2,26,31)(H,27,32)(H,28,29);1-5,8-10,15H,6-7,11-12H2,(H2,24,28)(H,25,29)(H,26,27)/b12-8+;2*9-5+;9-3+/t23-;;20-;/m1.1./s1. The molecule has 31 nitrogen and oxygen atoms in total. The van der Waals surface area contributed by atoms with Gasteiger partial charge in [0, 0.05) is 6.04 Å². The van der Waals surface area contributed by atoms with Gasteiger partial charge in [0.2, 0.25) is 23.6 Å². The van der Waals surface area contributed by atoms with E-state index in [1.54, 1.807) is 158 Å². The third kappa shape index (κ3) is 26.2. The molecule has 2 atom stereocenters. The summed E-state index contributed by atoms with van der Waals surface area (Å²) in [5.41, 5.74) is 30.5. The number of nitrogens with two attached hydrogens (primary N) is 4. The normalized spacial score (nSPS) is 12.3. The zero-order valence-electron chi connectivity index (χ0n) is 71.4. The zero-order chi connectivity index (χ0) is 93.7. The van der Waals surface area contributed by atoms with E-state index < -0.39 is 47.5 Å². The van der Waals surface area contributed by atoms with E-state index in [4.69, 9.17) is 46.3 Å². The number of hydrogen-bond acceptors (Lipinski definition) is 19. The second kappa shape index (κ2) is 45.9. The number of aliphatic hydroxyl groups is 2. The van der Waals surface area contributed by atoms with E-state index in [1.165, 1.54) is 54.8 Å². The predicted octanol–water partition coefficient (Wildman–Crippen LogP) is 13.1. The van der Waals surface area contributed by atoms with Crippen molar-refractivity contribution in [3.8, 4) is 23.0 Å². The van der Waals surface area contributed by atoms with Gasteiger partial charge in [-0.1, -0.05) is 117 Å². The maximum atomic E-state index is 13.3. The van der Waals surface area contributed by atoms with Crippen molar-refractivity contribution in [1.82, 2.24) is 62.1 Å². The highest BCUT2D eigenvalue weighted by molar-refractivity contribution is 6.09. The molecular formula is C97H94F4N16O15. The first kappa shape index (κ1) is 94.8. The van der Waals surface area contributed by atoms with Gasteiger partial charge in [-0.2, -0.15) is 20.4 Å². The molecule has 132 heavy (non-hydrogen) atoms. The lowest BCUT2D eigenvalue weighted by molar-refractivity contribution is -0.119. The number of furan rings is 1. The number of aliphatic hydroxyl groups excluding tert-OH is 2. The topological polar surface area (TPSA) is 494 Å². The van der Waals surface area contributed by atoms with E-state index in [0.717, 1.165) is 40.7 Å². The van der Waals surface area contributed by atoms with Gasteiger partial charge in [-0.15, -0.1) is 0 Å². The Balaban J connectivity index is 0.000000159. The molecule has 1 aliphatic rings. The number of carbonyl (C=O) groups is 8. The molecule has 0 unspecified atom stereocenters. The van der Waals surface area contributed by atoms with E-state index in [9.17, 15) is 66.1 Å². The SMILES string of the molecule is CC(C)[C@@H](CO)NC(=O)c1ccc2n[nH]c(/C=C/c3ccc(F)cc3)c2c1OCCC(N)=O.NC(=O)CCOc1c(C(=O)NC2CC2)ccc2n[nH]c(/C=C/c3ccc(F)cc3)c12.NC(=O)CCOc1c(C(=O)NCc2ccco2)ccc2n[nH]c(/C=C/c3ccc(F)cc3)c12.NC(=O)CCOc1c(C(=O)N[C@H](CO)c2ccccc2)ccc2n[nH]c(/C=C/c3ccc(F)cc3)c12. The summed E-state index contributed by atoms with van der Waals surface area (Å²) in [6.45, 7) is 3.47. The summed E-state index contributed by atoms with van der Waals surface area (Å²) >= 11 is 0. The summed E-state index contributed by atoms with van der Waals surface area (Å²) in [7, 11) is 0. The number of halogens is 4. The van der Waals surface area contributed by atoms with Crippen molar-refractivity contribution in [3.63, 3.8) is 0 Å². The molecule has 0 saturated heterocycles. The number of rotatable bonds is 37. The van der Waals surface area contributed by atoms with Crippen LogP contribution in [0, 0.1) is 29.2 Å². The van der Waals surface area contributed by atoms with Crippen LogP contribution >= 0.6 is 0 Å². The molecular weight excluding hydrogens is 1710 g/mol. The summed E-state index contributed by atoms with van der Waals surface area (Å²) in [6.07, 6.45) is 17.5. The van der Waals surface area contributed by atoms with E-state index >= 15 is 0 Å². The molecule has 9 aromatic carbocycles. The van der Waals surface area contributed by atoms with Crippen LogP contribution in [0.2, 0.25) is 0 Å². The molecule has 0 spiro atoms. The van der Waals surface area contributed by atoms with Crippen LogP contribution in [-0.4, -0.2) is 150 Å². The lowest BCUT2D eigenvalue weighted by Crippen LogP contribution is -2.41. The van der Waals surface area contributed by atoms with Gasteiger partial charge in [0.15, 0.2) is 0 Å². The van der Waals surface area contributed by atoms with Crippen LogP contribution in [0.3, 0.4) is 0 Å². The second-order valence-corrected chi connectivity index (χ2v) is 30.3. The molecule has 1 saturated carbocycles. The molecule has 0 radical (unpaired) electrons. The number of amides is 8. The minimum absolute atomic E-state index is 0.000787. The number of hydrogen-bond donors (Lipinski definition) is 14. The van der Waals surface area contributed by atoms with Gasteiger partial charge in [0.05, 0.1) is 179 Å². The Labute approximate surface area is 752 Å². The Hall–Kier alpha value is -16.3. The number of primary amides is 4. The highest BCUT2D eigenvalue weighted by Crippen LogP contribution is 2.39. The predicted molar refractivity (Wildman–Crippen MR) is 490 cm³/mol. The number of carbonyl (C=O) groups excluding carboxylic acids is 8. The number of nitrogens with zero attached hydrogens (tertiary/aromatic N) is 4. The monoisotopic (exact) mass is 1800 g/mol. The van der Waals surface area contributed by atoms with Crippen LogP contribution < -0.4 is 63.1 Å². The van der Waals surface area contributed by atoms with Gasteiger partial charge < -0.3 is 77.8 Å². The molecule has 0 aliphatic heterocycles. The molecule has 680 valence electrons. The molecule has 18 N–H and O–H groups in total. The summed E-state index contributed by atoms with van der Waals surface area (Å²) < 4.78 is 81.4. The third-order valence-electron chi connectivity index (χ3n) is 20.3. The Morgan fingerprint density at radius 1 is 0.409 bits per heavy atom. The van der Waals surface area contributed by atoms with Crippen LogP contribution in [0.1, 0.15) is 156 Å². The first-order valence-electron chi connectivity index (χ1n) is 41.7. The smallest absolute Gasteiger partial charge is 0.255 e. The van der Waals surface area contributed by atoms with Crippen LogP contribution in [-0.2, 0) is 25.7 Å². The number of benzene rings is 9. The summed E-state index contributed by atoms with van der Waals surface area (Å²) in [6, 6.07) is 49.0. The van der Waals surface area contributed by atoms with Crippen molar-refractivity contribution >= 4 is 139 Å². The van der Waals surface area contributed by atoms with E-state index in [-0.39, 0.29) is 153 Å². The number of fused-ring (bicyclic) bond motifs is 4. The quantitative estimate of drug-likeness (QED) is 0.0161. The minimum Gasteiger partial charge on any atom is -0.491 e. The fourth-order valence-electron chi connectivity index (χ4n) is 13.2. The van der Waals surface area contributed by atoms with Crippen molar-refractivity contribution in [2.45, 2.75) is 77.0 Å². The van der Waals surface area contributed by atoms with Gasteiger partial charge in [-0.05, 0) is 180 Å². The lowest BCUT2D eigenvalue weighted by atomic mass is 10.0. The van der Waals surface area contributed by atoms with Gasteiger partial charge in [-0.3, -0.25) is 58.8 Å². The lowest BCUT2D eigenvalue weighted by Gasteiger charge is -2.21. The van der Waals surface area contributed by atoms with Crippen molar-refractivity contribution in [2.24, 2.45) is 28.9 Å². The van der Waals surface area contributed by atoms with Crippen molar-refractivity contribution in [3.05, 3.63) is 296 Å². The second-order valence-electron chi connectivity index (χ2n) is 30.3. The molecule has 8 amide bonds. The number of aromatic nitrogens is 8. The number of ether oxygens (including phenoxy) is 4. The minimum atomic E-state index is -0.630. The molecule has 35 heteroatoms. The van der Waals surface area contributed by atoms with Crippen LogP contribution in [0.5, 0.6) is 23.0 Å². The van der Waals surface area contributed by atoms with Crippen molar-refractivity contribution in [1.29, 1.82) is 0 Å². The van der Waals surface area contributed by atoms with Crippen LogP contribution in [0.15, 0.2) is 199 Å². The van der Waals surface area contributed by atoms with Gasteiger partial charge in [0.1, 0.15) is 52.0 Å². The van der Waals surface area contributed by atoms with Gasteiger partial charge in [0.25, 0.3) is 23.6 Å². The van der Waals surface area contributed by atoms with Gasteiger partial charge >= 0.3 is 0 Å². The average Bonchev–Trinajstić information content (AvgIpc) is 1.63. The largest absolute Gasteiger partial charge is 0.491 e. The summed E-state index contributed by atoms with van der Waals surface area (Å²) in [5.74, 6) is -3.17. The zero-order valence-corrected chi connectivity index (χ0v) is 71.4. The highest BCUT2D eigenvalue weighted by Gasteiger charge is 2.30. The third-order valence-corrected chi connectivity index (χ3v) is 20.3. The average molecular weight is 1800 g/mol. The first-order chi connectivity index (χ1) is 63.8. The molecule has 1 aliphatic carbocycles. The Morgan fingerprint density at radius 3 is 1.03 bits per heavy atom. The Kier molecular flexibility index (Phi) is 33.0. The number of nitrogens with one attached hydrogen (secondary N) is 8. The summed E-state index contributed by atoms with van der Waals surface area (Å²) in [5, 5.41) is 62.0. The first-order valence-corrected chi connectivity index (χ1v) is 41.7. The number of H-pyrrole nitrogens is 4. The van der Waals surface area contributed by atoms with E-state index in [1.807, 2.05) is 44.2 Å². The fourth-order valence-corrected chi connectivity index (χ4v) is 13.2. The van der Waals surface area contributed by atoms with Crippen LogP contribution in [0.4, 0.5) is 17.6 Å². The highest BCUT2D eigenvalue weighted by atomic mass is 19.1. The Bertz CT molecular complexity index is 6510. The molecule has 0 bridgehead atoms. The van der Waals surface area contributed by atoms with E-state index in [0.29, 0.717) is 83.5 Å². The molecule has 14 aromatic rings. The molecule has 5 aromatic heterocycles. The summed E-state index contributed by atoms with van der Waals surface area (Å²) in [4.78, 5) is 96.9. The van der Waals surface area contributed by atoms with Crippen molar-refractivity contribution < 1.29 is 89.5 Å². The maximum absolute atomic E-state index is 13.3. The molecule has 1 fully saturated rings. The fraction of sp³-hybridized carbons (Fsp3) is 0.196. The maximum Gasteiger partial charge on any atom is 0.255 e. The molecule has 5 heterocycles.